The normalized spacial score (nSPS) is 16.5. The molecule has 2 heterocycles. The highest BCUT2D eigenvalue weighted by atomic mass is 16.7. The maximum absolute atomic E-state index is 5.17. The van der Waals surface area contributed by atoms with Crippen LogP contribution in [-0.4, -0.2) is 51.7 Å². The lowest BCUT2D eigenvalue weighted by atomic mass is 10.4. The summed E-state index contributed by atoms with van der Waals surface area (Å²) in [6.45, 7) is 8.48. The lowest BCUT2D eigenvalue weighted by Crippen LogP contribution is -2.05. The van der Waals surface area contributed by atoms with Crippen molar-refractivity contribution in [2.24, 2.45) is 9.98 Å². The smallest absolute Gasteiger partial charge is 0.383 e. The minimum atomic E-state index is 0.469. The lowest BCUT2D eigenvalue weighted by molar-refractivity contribution is 0.187. The summed E-state index contributed by atoms with van der Waals surface area (Å²) in [5.41, 5.74) is 0. The Morgan fingerprint density at radius 2 is 1.47 bits per heavy atom. The largest absolute Gasteiger partial charge is 0.451 e. The molecule has 6 nitrogen and oxygen atoms in total. The maximum Gasteiger partial charge on any atom is 0.383 e. The molecule has 0 aromatic carbocycles. The zero-order valence-electron chi connectivity index (χ0n) is 11.9. The Bertz CT molecular complexity index is 292. The topological polar surface area (TPSA) is 61.6 Å². The summed E-state index contributed by atoms with van der Waals surface area (Å²) >= 11 is 0. The Morgan fingerprint density at radius 3 is 1.89 bits per heavy atom. The van der Waals surface area contributed by atoms with Crippen molar-refractivity contribution < 1.29 is 18.9 Å². The zero-order chi connectivity index (χ0) is 13.8. The fourth-order valence-corrected chi connectivity index (χ4v) is 1.30. The minimum absolute atomic E-state index is 0.469. The van der Waals surface area contributed by atoms with Crippen molar-refractivity contribution in [2.45, 2.75) is 33.1 Å². The fraction of sp³-hybridized carbons (Fsp3) is 0.846. The first-order chi connectivity index (χ1) is 9.36. The molecule has 2 aliphatic heterocycles. The van der Waals surface area contributed by atoms with Gasteiger partial charge in [-0.25, -0.2) is 9.98 Å². The van der Waals surface area contributed by atoms with Gasteiger partial charge in [0.05, 0.1) is 26.3 Å². The standard InChI is InChI=1S/C7H13NO2.C6H11NO2/c1-2-3-5-9-7-8-4-6-10-7;1-2-4-8-6-7-3-5-9-6/h2-6H2,1H3;2-5H2,1H3. The van der Waals surface area contributed by atoms with Gasteiger partial charge in [0.1, 0.15) is 13.2 Å². The van der Waals surface area contributed by atoms with Gasteiger partial charge in [-0.2, -0.15) is 0 Å². The molecule has 0 aliphatic carbocycles. The molecule has 0 unspecified atom stereocenters. The van der Waals surface area contributed by atoms with Gasteiger partial charge in [0.2, 0.25) is 0 Å². The number of rotatable bonds is 5. The van der Waals surface area contributed by atoms with Crippen LogP contribution in [-0.2, 0) is 18.9 Å². The summed E-state index contributed by atoms with van der Waals surface area (Å²) in [6, 6.07) is 0. The average Bonchev–Trinajstić information content (AvgIpc) is 3.11. The van der Waals surface area contributed by atoms with E-state index in [0.29, 0.717) is 32.0 Å². The van der Waals surface area contributed by atoms with Crippen LogP contribution >= 0.6 is 0 Å². The Balaban J connectivity index is 0.000000191. The summed E-state index contributed by atoms with van der Waals surface area (Å²) in [5.74, 6) is 0. The van der Waals surface area contributed by atoms with Crippen LogP contribution < -0.4 is 0 Å². The summed E-state index contributed by atoms with van der Waals surface area (Å²) in [7, 11) is 0. The van der Waals surface area contributed by atoms with Gasteiger partial charge in [-0.15, -0.1) is 0 Å². The number of hydrogen-bond acceptors (Lipinski definition) is 6. The van der Waals surface area contributed by atoms with E-state index in [1.807, 2.05) is 0 Å². The van der Waals surface area contributed by atoms with Crippen molar-refractivity contribution >= 4 is 12.2 Å². The Kier molecular flexibility index (Phi) is 8.59. The van der Waals surface area contributed by atoms with Crippen LogP contribution in [0.4, 0.5) is 0 Å². The number of unbranched alkanes of at least 4 members (excludes halogenated alkanes) is 1. The first-order valence-corrected chi connectivity index (χ1v) is 6.97. The summed E-state index contributed by atoms with van der Waals surface area (Å²) in [5, 5.41) is 0. The van der Waals surface area contributed by atoms with Crippen LogP contribution in [0.25, 0.3) is 0 Å². The molecule has 110 valence electrons. The van der Waals surface area contributed by atoms with Gasteiger partial charge in [0.15, 0.2) is 0 Å². The Morgan fingerprint density at radius 1 is 0.895 bits per heavy atom. The van der Waals surface area contributed by atoms with Crippen molar-refractivity contribution in [1.82, 2.24) is 0 Å². The molecule has 6 heteroatoms. The van der Waals surface area contributed by atoms with Crippen molar-refractivity contribution in [1.29, 1.82) is 0 Å². The van der Waals surface area contributed by atoms with Gasteiger partial charge in [0.25, 0.3) is 0 Å². The van der Waals surface area contributed by atoms with E-state index in [-0.39, 0.29) is 0 Å². The second kappa shape index (κ2) is 10.5. The molecule has 0 radical (unpaired) electrons. The van der Waals surface area contributed by atoms with Gasteiger partial charge in [-0.1, -0.05) is 20.3 Å². The SMILES string of the molecule is CCCCOC1=NCCO1.CCCOC1=NCCO1. The van der Waals surface area contributed by atoms with E-state index in [2.05, 4.69) is 23.8 Å². The van der Waals surface area contributed by atoms with Crippen LogP contribution in [0.5, 0.6) is 0 Å². The maximum atomic E-state index is 5.17. The molecule has 0 aromatic rings. The predicted octanol–water partition coefficient (Wildman–Crippen LogP) is 1.99. The molecule has 0 spiro atoms. The van der Waals surface area contributed by atoms with Gasteiger partial charge in [0, 0.05) is 0 Å². The van der Waals surface area contributed by atoms with E-state index in [1.54, 1.807) is 0 Å². The first-order valence-electron chi connectivity index (χ1n) is 6.97. The third kappa shape index (κ3) is 7.54. The monoisotopic (exact) mass is 272 g/mol. The van der Waals surface area contributed by atoms with Crippen LogP contribution in [0.1, 0.15) is 33.1 Å². The minimum Gasteiger partial charge on any atom is -0.451 e. The summed E-state index contributed by atoms with van der Waals surface area (Å²) in [6.07, 6.45) is 4.17. The molecule has 0 N–H and O–H groups in total. The average molecular weight is 272 g/mol. The highest BCUT2D eigenvalue weighted by Crippen LogP contribution is 1.97. The molecular formula is C13H24N2O4. The summed E-state index contributed by atoms with van der Waals surface area (Å²) in [4.78, 5) is 7.93. The molecule has 0 bridgehead atoms. The van der Waals surface area contributed by atoms with E-state index in [0.717, 1.165) is 39.0 Å². The summed E-state index contributed by atoms with van der Waals surface area (Å²) < 4.78 is 20.3. The van der Waals surface area contributed by atoms with Crippen molar-refractivity contribution in [3.63, 3.8) is 0 Å². The highest BCUT2D eigenvalue weighted by molar-refractivity contribution is 5.68. The second-order valence-electron chi connectivity index (χ2n) is 4.04. The Hall–Kier alpha value is -1.46. The van der Waals surface area contributed by atoms with Gasteiger partial charge in [-0.05, 0) is 12.8 Å². The number of ether oxygens (including phenoxy) is 4. The number of aliphatic imine (C=N–C) groups is 2. The molecule has 0 saturated carbocycles. The lowest BCUT2D eigenvalue weighted by Gasteiger charge is -2.02. The van der Waals surface area contributed by atoms with Crippen LogP contribution in [0.3, 0.4) is 0 Å². The molecule has 0 amide bonds. The van der Waals surface area contributed by atoms with Gasteiger partial charge < -0.3 is 18.9 Å². The van der Waals surface area contributed by atoms with Gasteiger partial charge >= 0.3 is 12.2 Å². The number of nitrogens with zero attached hydrogens (tertiary/aromatic N) is 2. The fourth-order valence-electron chi connectivity index (χ4n) is 1.30. The molecule has 0 saturated heterocycles. The molecule has 0 aromatic heterocycles. The molecule has 2 rings (SSSR count). The number of hydrogen-bond donors (Lipinski definition) is 0. The highest BCUT2D eigenvalue weighted by Gasteiger charge is 2.07. The second-order valence-corrected chi connectivity index (χ2v) is 4.04. The van der Waals surface area contributed by atoms with Crippen molar-refractivity contribution in [3.8, 4) is 0 Å². The zero-order valence-corrected chi connectivity index (χ0v) is 11.9. The third-order valence-corrected chi connectivity index (χ3v) is 2.27. The van der Waals surface area contributed by atoms with E-state index in [1.165, 1.54) is 0 Å². The van der Waals surface area contributed by atoms with E-state index < -0.39 is 0 Å². The predicted molar refractivity (Wildman–Crippen MR) is 73.6 cm³/mol. The molecule has 0 atom stereocenters. The molecular weight excluding hydrogens is 248 g/mol. The first kappa shape index (κ1) is 15.6. The van der Waals surface area contributed by atoms with E-state index in [9.17, 15) is 0 Å². The van der Waals surface area contributed by atoms with Crippen LogP contribution in [0, 0.1) is 0 Å². The molecule has 0 fully saturated rings. The van der Waals surface area contributed by atoms with E-state index in [4.69, 9.17) is 18.9 Å². The van der Waals surface area contributed by atoms with Crippen LogP contribution in [0.2, 0.25) is 0 Å². The molecule has 19 heavy (non-hydrogen) atoms. The van der Waals surface area contributed by atoms with E-state index >= 15 is 0 Å². The van der Waals surface area contributed by atoms with Crippen LogP contribution in [0.15, 0.2) is 9.98 Å². The van der Waals surface area contributed by atoms with Gasteiger partial charge in [-0.3, -0.25) is 0 Å². The van der Waals surface area contributed by atoms with Crippen molar-refractivity contribution in [2.75, 3.05) is 39.5 Å². The van der Waals surface area contributed by atoms with Crippen molar-refractivity contribution in [3.05, 3.63) is 0 Å². The quantitative estimate of drug-likeness (QED) is 0.718. The third-order valence-electron chi connectivity index (χ3n) is 2.27. The Labute approximate surface area is 114 Å². The molecule has 2 aliphatic rings.